The SMILES string of the molecule is CCN(N)/N=N\C. The topological polar surface area (TPSA) is 54.0 Å². The summed E-state index contributed by atoms with van der Waals surface area (Å²) in [6.07, 6.45) is 0. The van der Waals surface area contributed by atoms with Crippen molar-refractivity contribution in [3.8, 4) is 0 Å². The highest BCUT2D eigenvalue weighted by molar-refractivity contribution is 4.22. The number of hydrogen-bond acceptors (Lipinski definition) is 3. The van der Waals surface area contributed by atoms with E-state index in [1.165, 1.54) is 5.12 Å². The second kappa shape index (κ2) is 3.55. The van der Waals surface area contributed by atoms with Gasteiger partial charge in [0.15, 0.2) is 0 Å². The fourth-order valence-electron chi connectivity index (χ4n) is 0.178. The summed E-state index contributed by atoms with van der Waals surface area (Å²) in [5.41, 5.74) is 0. The summed E-state index contributed by atoms with van der Waals surface area (Å²) in [7, 11) is 1.58. The molecule has 0 aliphatic heterocycles. The van der Waals surface area contributed by atoms with Crippen LogP contribution in [0.5, 0.6) is 0 Å². The van der Waals surface area contributed by atoms with Gasteiger partial charge in [0.1, 0.15) is 0 Å². The average molecular weight is 102 g/mol. The number of hydrazine groups is 1. The molecule has 0 saturated heterocycles. The quantitative estimate of drug-likeness (QED) is 0.307. The second-order valence-electron chi connectivity index (χ2n) is 1.05. The van der Waals surface area contributed by atoms with Gasteiger partial charge in [-0.3, -0.25) is 0 Å². The van der Waals surface area contributed by atoms with Crippen molar-refractivity contribution in [1.82, 2.24) is 5.12 Å². The van der Waals surface area contributed by atoms with E-state index in [1.807, 2.05) is 6.92 Å². The lowest BCUT2D eigenvalue weighted by molar-refractivity contribution is 0.293. The number of nitrogens with zero attached hydrogens (tertiary/aromatic N) is 3. The highest BCUT2D eigenvalue weighted by Gasteiger charge is 1.79. The maximum absolute atomic E-state index is 5.16. The number of nitrogens with two attached hydrogens (primary N) is 1. The van der Waals surface area contributed by atoms with E-state index in [2.05, 4.69) is 10.3 Å². The van der Waals surface area contributed by atoms with E-state index in [4.69, 9.17) is 5.84 Å². The first kappa shape index (κ1) is 6.36. The summed E-state index contributed by atoms with van der Waals surface area (Å²) >= 11 is 0. The van der Waals surface area contributed by atoms with E-state index in [1.54, 1.807) is 7.05 Å². The molecular formula is C3H10N4. The average Bonchev–Trinajstić information content (AvgIpc) is 1.68. The van der Waals surface area contributed by atoms with Crippen molar-refractivity contribution in [2.24, 2.45) is 16.2 Å². The predicted molar refractivity (Wildman–Crippen MR) is 27.3 cm³/mol. The van der Waals surface area contributed by atoms with Gasteiger partial charge in [0.05, 0.1) is 13.6 Å². The maximum Gasteiger partial charge on any atom is 0.0519 e. The molecule has 42 valence electrons. The Morgan fingerprint density at radius 2 is 2.29 bits per heavy atom. The third-order valence-electron chi connectivity index (χ3n) is 0.528. The highest BCUT2D eigenvalue weighted by atomic mass is 15.7. The van der Waals surface area contributed by atoms with Gasteiger partial charge in [0, 0.05) is 0 Å². The molecule has 0 aliphatic carbocycles. The van der Waals surface area contributed by atoms with Crippen LogP contribution in [0, 0.1) is 0 Å². The molecule has 0 atom stereocenters. The molecule has 0 unspecified atom stereocenters. The smallest absolute Gasteiger partial charge is 0.0519 e. The first-order valence-corrected chi connectivity index (χ1v) is 2.13. The van der Waals surface area contributed by atoms with Gasteiger partial charge >= 0.3 is 0 Å². The van der Waals surface area contributed by atoms with Crippen LogP contribution in [0.3, 0.4) is 0 Å². The highest BCUT2D eigenvalue weighted by Crippen LogP contribution is 1.74. The Morgan fingerprint density at radius 1 is 1.71 bits per heavy atom. The van der Waals surface area contributed by atoms with Crippen molar-refractivity contribution in [2.75, 3.05) is 13.6 Å². The molecule has 2 N–H and O–H groups in total. The minimum absolute atomic E-state index is 0.692. The zero-order chi connectivity index (χ0) is 5.70. The van der Waals surface area contributed by atoms with Crippen LogP contribution in [-0.4, -0.2) is 18.7 Å². The molecule has 0 saturated carbocycles. The Balaban J connectivity index is 3.16. The summed E-state index contributed by atoms with van der Waals surface area (Å²) in [5, 5.41) is 8.18. The predicted octanol–water partition coefficient (Wildman–Crippen LogP) is 0.179. The number of hydrogen-bond donors (Lipinski definition) is 1. The molecule has 0 bridgehead atoms. The van der Waals surface area contributed by atoms with Crippen LogP contribution in [0.25, 0.3) is 0 Å². The van der Waals surface area contributed by atoms with Gasteiger partial charge < -0.3 is 0 Å². The summed E-state index contributed by atoms with van der Waals surface area (Å²) < 4.78 is 0. The van der Waals surface area contributed by atoms with Gasteiger partial charge in [0.25, 0.3) is 0 Å². The zero-order valence-electron chi connectivity index (χ0n) is 4.63. The lowest BCUT2D eigenvalue weighted by Gasteiger charge is -2.03. The van der Waals surface area contributed by atoms with E-state index >= 15 is 0 Å². The first-order valence-electron chi connectivity index (χ1n) is 2.13. The van der Waals surface area contributed by atoms with Gasteiger partial charge in [-0.25, -0.2) is 11.0 Å². The van der Waals surface area contributed by atoms with Crippen LogP contribution < -0.4 is 5.84 Å². The third kappa shape index (κ3) is 3.18. The van der Waals surface area contributed by atoms with Crippen molar-refractivity contribution < 1.29 is 0 Å². The van der Waals surface area contributed by atoms with Crippen molar-refractivity contribution in [3.05, 3.63) is 0 Å². The van der Waals surface area contributed by atoms with Crippen molar-refractivity contribution >= 4 is 0 Å². The van der Waals surface area contributed by atoms with Crippen molar-refractivity contribution in [3.63, 3.8) is 0 Å². The molecule has 0 spiro atoms. The normalized spacial score (nSPS) is 10.1. The van der Waals surface area contributed by atoms with Gasteiger partial charge in [-0.15, -0.1) is 0 Å². The van der Waals surface area contributed by atoms with Crippen LogP contribution in [0.15, 0.2) is 10.3 Å². The molecule has 0 radical (unpaired) electrons. The molecule has 0 rings (SSSR count). The molecule has 7 heavy (non-hydrogen) atoms. The van der Waals surface area contributed by atoms with E-state index in [-0.39, 0.29) is 0 Å². The van der Waals surface area contributed by atoms with Gasteiger partial charge in [-0.05, 0) is 6.92 Å². The Bertz CT molecular complexity index is 60.0. The Labute approximate surface area is 43.0 Å². The minimum Gasteiger partial charge on any atom is -0.230 e. The lowest BCUT2D eigenvalue weighted by atomic mass is 10.8. The summed E-state index contributed by atoms with van der Waals surface area (Å²) in [5.74, 6) is 5.16. The summed E-state index contributed by atoms with van der Waals surface area (Å²) in [6.45, 7) is 2.59. The van der Waals surface area contributed by atoms with Gasteiger partial charge in [-0.2, -0.15) is 5.11 Å². The van der Waals surface area contributed by atoms with Crippen LogP contribution in [0.2, 0.25) is 0 Å². The third-order valence-corrected chi connectivity index (χ3v) is 0.528. The fraction of sp³-hybridized carbons (Fsp3) is 1.00. The fourth-order valence-corrected chi connectivity index (χ4v) is 0.178. The first-order chi connectivity index (χ1) is 3.31. The maximum atomic E-state index is 5.16. The van der Waals surface area contributed by atoms with E-state index in [0.717, 1.165) is 0 Å². The largest absolute Gasteiger partial charge is 0.230 e. The number of rotatable bonds is 2. The van der Waals surface area contributed by atoms with Gasteiger partial charge in [0.2, 0.25) is 0 Å². The molecule has 0 aromatic heterocycles. The molecule has 4 nitrogen and oxygen atoms in total. The molecule has 0 aliphatic rings. The van der Waals surface area contributed by atoms with Crippen molar-refractivity contribution in [2.45, 2.75) is 6.92 Å². The van der Waals surface area contributed by atoms with E-state index < -0.39 is 0 Å². The van der Waals surface area contributed by atoms with Crippen LogP contribution in [0.4, 0.5) is 0 Å². The van der Waals surface area contributed by atoms with Crippen LogP contribution >= 0.6 is 0 Å². The Kier molecular flexibility index (Phi) is 3.22. The summed E-state index contributed by atoms with van der Waals surface area (Å²) in [6, 6.07) is 0. The molecule has 0 aromatic rings. The molecule has 0 aromatic carbocycles. The zero-order valence-corrected chi connectivity index (χ0v) is 4.63. The van der Waals surface area contributed by atoms with Crippen LogP contribution in [-0.2, 0) is 0 Å². The Hall–Kier alpha value is -0.640. The standard InChI is InChI=1S/C3H10N4/c1-3-7(4)6-5-2/h3-4H2,1-2H3/b6-5-. The molecule has 0 amide bonds. The second-order valence-corrected chi connectivity index (χ2v) is 1.05. The van der Waals surface area contributed by atoms with Gasteiger partial charge in [-0.1, -0.05) is 5.22 Å². The minimum atomic E-state index is 0.692. The van der Waals surface area contributed by atoms with E-state index in [0.29, 0.717) is 6.54 Å². The molecular weight excluding hydrogens is 92.1 g/mol. The lowest BCUT2D eigenvalue weighted by Crippen LogP contribution is -2.23. The summed E-state index contributed by atoms with van der Waals surface area (Å²) in [4.78, 5) is 0. The van der Waals surface area contributed by atoms with Crippen LogP contribution in [0.1, 0.15) is 6.92 Å². The Morgan fingerprint density at radius 3 is 2.43 bits per heavy atom. The van der Waals surface area contributed by atoms with Crippen molar-refractivity contribution in [1.29, 1.82) is 0 Å². The molecule has 0 fully saturated rings. The molecule has 4 heteroatoms. The monoisotopic (exact) mass is 102 g/mol. The van der Waals surface area contributed by atoms with E-state index in [9.17, 15) is 0 Å². The molecule has 0 heterocycles.